The summed E-state index contributed by atoms with van der Waals surface area (Å²) in [5.74, 6) is -3.38. The van der Waals surface area contributed by atoms with Gasteiger partial charge in [0.25, 0.3) is 0 Å². The van der Waals surface area contributed by atoms with Crippen molar-refractivity contribution in [2.24, 2.45) is 11.1 Å². The summed E-state index contributed by atoms with van der Waals surface area (Å²) in [4.78, 5) is 95.0. The summed E-state index contributed by atoms with van der Waals surface area (Å²) in [5.41, 5.74) is 11.2. The number of ether oxygens (including phenoxy) is 5. The van der Waals surface area contributed by atoms with Gasteiger partial charge >= 0.3 is 39.0 Å². The zero-order chi connectivity index (χ0) is 72.7. The largest absolute Gasteiger partial charge is 0.481 e. The molecule has 0 spiro atoms. The van der Waals surface area contributed by atoms with Crippen molar-refractivity contribution in [3.63, 3.8) is 0 Å². The van der Waals surface area contributed by atoms with Gasteiger partial charge in [0, 0.05) is 47.1 Å². The van der Waals surface area contributed by atoms with E-state index in [1.54, 1.807) is 33.1 Å². The van der Waals surface area contributed by atoms with Gasteiger partial charge in [0.15, 0.2) is 21.2 Å². The van der Waals surface area contributed by atoms with Gasteiger partial charge in [-0.25, -0.2) is 9.97 Å². The number of aliphatic carboxylic acids is 1. The molecule has 0 aliphatic heterocycles. The van der Waals surface area contributed by atoms with Gasteiger partial charge < -0.3 is 50.5 Å². The van der Waals surface area contributed by atoms with Gasteiger partial charge in [-0.3, -0.25) is 33.6 Å². The third-order valence-corrected chi connectivity index (χ3v) is 17.3. The Morgan fingerprint density at radius 1 is 0.520 bits per heavy atom. The van der Waals surface area contributed by atoms with Crippen LogP contribution in [-0.2, 0) is 81.3 Å². The Hall–Kier alpha value is -6.88. The van der Waals surface area contributed by atoms with Crippen molar-refractivity contribution in [3.8, 4) is 0 Å². The lowest BCUT2D eigenvalue weighted by Crippen LogP contribution is -2.41. The van der Waals surface area contributed by atoms with Gasteiger partial charge in [-0.2, -0.15) is 0 Å². The maximum atomic E-state index is 13.1. The number of benzene rings is 5. The molecule has 6 N–H and O–H groups in total. The number of alkyl halides is 1. The molecule has 0 fully saturated rings. The number of carboxylic acid groups (broad SMARTS) is 1. The summed E-state index contributed by atoms with van der Waals surface area (Å²) in [6.07, 6.45) is 1.64. The molecule has 2 heterocycles. The van der Waals surface area contributed by atoms with E-state index in [2.05, 4.69) is 96.4 Å². The Morgan fingerprint density at radius 3 is 1.21 bits per heavy atom. The molecule has 7 aromatic rings. The van der Waals surface area contributed by atoms with Gasteiger partial charge in [-0.1, -0.05) is 150 Å². The molecule has 528 valence electrons. The van der Waals surface area contributed by atoms with Crippen LogP contribution in [0.3, 0.4) is 0 Å². The smallest absolute Gasteiger partial charge is 0.369 e. The van der Waals surface area contributed by atoms with Crippen LogP contribution in [0.25, 0.3) is 0 Å². The van der Waals surface area contributed by atoms with Crippen molar-refractivity contribution in [2.75, 3.05) is 41.1 Å². The third kappa shape index (κ3) is 29.5. The second-order valence-electron chi connectivity index (χ2n) is 21.9. The monoisotopic (exact) mass is 1650 g/mol. The molecule has 0 bridgehead atoms. The summed E-state index contributed by atoms with van der Waals surface area (Å²) in [7, 11) is 0. The molecule has 0 radical (unpaired) electrons. The second kappa shape index (κ2) is 45.7. The second-order valence-corrected chi connectivity index (χ2v) is 31.0. The average molecular weight is 1660 g/mol. The van der Waals surface area contributed by atoms with Crippen LogP contribution in [-0.4, -0.2) is 90.1 Å². The Bertz CT molecular complexity index is 3580. The molecule has 2 aromatic heterocycles. The Kier molecular flexibility index (Phi) is 39.8. The van der Waals surface area contributed by atoms with Crippen molar-refractivity contribution in [2.45, 2.75) is 144 Å². The van der Waals surface area contributed by atoms with E-state index in [4.69, 9.17) is 39.5 Å². The number of nitrogens with one attached hydrogen (secondary N) is 3. The molecule has 98 heavy (non-hydrogen) atoms. The van der Waals surface area contributed by atoms with Crippen LogP contribution < -0.4 is 21.7 Å². The first-order valence-corrected chi connectivity index (χ1v) is 37.7. The van der Waals surface area contributed by atoms with Gasteiger partial charge in [-0.05, 0) is 140 Å². The minimum absolute atomic E-state index is 0.0156. The topological polar surface area (TPSA) is 274 Å². The number of nitrogens with zero attached hydrogens (tertiary/aromatic N) is 2. The van der Waals surface area contributed by atoms with E-state index in [0.29, 0.717) is 39.6 Å². The maximum Gasteiger partial charge on any atom is 0.369 e. The van der Waals surface area contributed by atoms with Gasteiger partial charge in [0.05, 0.1) is 36.5 Å². The standard InChI is InChI=1S/C26H30N2O4S.C19H24N2O4S.C18H23BrO5.C8H10N2S.BBr3/c1-4-26(24(30)31-5-2,16-15-23(29)32-17-20-9-7-6-8-10-20)22-18-33-25(28-22)27-21-13-11-19(3)12-14-21;1-4-19(11-10-16(22)23,17(24)25-5-2)15-12-26-18(21-15)20-14-8-6-13(3)7-9-14;1-3-18(15(20)12-19,17(22)23-4-2)11-10-16(21)24-13-14-8-6-5-7-9-14;1-6-2-4-7(5-3-6)10-8(9)11;2-1(3)4/h6-14,18H,4-5,15-17H2,1-3H3,(H,27,28);6-9,12H,4-5,10-11H2,1-3H3,(H,20,21)(H,22,23);5-9H,3-4,10-13H2,1-2H3;2-5H,1H3,(H3,9,10,11);. The van der Waals surface area contributed by atoms with Crippen LogP contribution in [0.4, 0.5) is 27.3 Å². The lowest BCUT2D eigenvalue weighted by Gasteiger charge is -2.28. The molecule has 19 nitrogen and oxygen atoms in total. The first kappa shape index (κ1) is 85.3. The third-order valence-electron chi connectivity index (χ3n) is 15.1. The summed E-state index contributed by atoms with van der Waals surface area (Å²) >= 11 is 19.9. The van der Waals surface area contributed by atoms with Crippen molar-refractivity contribution < 1.29 is 62.4 Å². The Balaban J connectivity index is 0.000000349. The number of ketones is 1. The summed E-state index contributed by atoms with van der Waals surface area (Å²) in [6, 6.07) is 42.6. The van der Waals surface area contributed by atoms with Gasteiger partial charge in [0.1, 0.15) is 29.5 Å². The number of rotatable bonds is 31. The van der Waals surface area contributed by atoms with Crippen LogP contribution in [0.5, 0.6) is 0 Å². The number of thiocarbonyl (C=S) groups is 1. The number of carbonyl (C=O) groups is 7. The minimum Gasteiger partial charge on any atom is -0.481 e. The number of halogens is 4. The first-order valence-electron chi connectivity index (χ1n) is 31.7. The Labute approximate surface area is 622 Å². The van der Waals surface area contributed by atoms with E-state index in [1.807, 2.05) is 173 Å². The molecule has 3 atom stereocenters. The predicted molar refractivity (Wildman–Crippen MR) is 410 cm³/mol. The van der Waals surface area contributed by atoms with Crippen LogP contribution >= 0.6 is 98.1 Å². The van der Waals surface area contributed by atoms with Gasteiger partial charge in [-0.15, -0.1) is 69.9 Å². The number of aryl methyl sites for hydroxylation is 3. The molecule has 27 heteroatoms. The predicted octanol–water partition coefficient (Wildman–Crippen LogP) is 17.4. The van der Waals surface area contributed by atoms with Crippen molar-refractivity contribution in [3.05, 3.63) is 183 Å². The molecule has 0 saturated heterocycles. The lowest BCUT2D eigenvalue weighted by atomic mass is 9.77. The molecule has 7 rings (SSSR count). The molecule has 0 saturated carbocycles. The van der Waals surface area contributed by atoms with Crippen molar-refractivity contribution in [1.29, 1.82) is 0 Å². The highest BCUT2D eigenvalue weighted by Gasteiger charge is 2.46. The van der Waals surface area contributed by atoms with E-state index >= 15 is 0 Å². The number of Topliss-reactive ketones (excluding diaryl/α,β-unsaturated/α-hetero) is 1. The highest BCUT2D eigenvalue weighted by molar-refractivity contribution is 9.69. The quantitative estimate of drug-likeness (QED) is 0.00674. The fourth-order valence-electron chi connectivity index (χ4n) is 9.46. The number of nitrogens with two attached hydrogens (primary N) is 1. The first-order chi connectivity index (χ1) is 46.8. The molecular weight excluding hydrogens is 1570 g/mol. The van der Waals surface area contributed by atoms with Crippen molar-refractivity contribution >= 4 is 175 Å². The lowest BCUT2D eigenvalue weighted by molar-refractivity contribution is -0.161. The van der Waals surface area contributed by atoms with E-state index in [1.165, 1.54) is 33.8 Å². The van der Waals surface area contributed by atoms with Crippen molar-refractivity contribution in [1.82, 2.24) is 9.97 Å². The highest BCUT2D eigenvalue weighted by Crippen LogP contribution is 2.39. The highest BCUT2D eigenvalue weighted by atomic mass is 79.9. The number of hydrogen-bond acceptors (Lipinski definition) is 19. The number of esters is 5. The van der Waals surface area contributed by atoms with E-state index in [-0.39, 0.29) is 104 Å². The fourth-order valence-corrected chi connectivity index (χ4v) is 11.8. The number of hydrogen-bond donors (Lipinski definition) is 5. The van der Waals surface area contributed by atoms with E-state index < -0.39 is 40.1 Å². The molecule has 0 aliphatic carbocycles. The van der Waals surface area contributed by atoms with E-state index in [9.17, 15) is 33.6 Å². The minimum atomic E-state index is -1.30. The van der Waals surface area contributed by atoms with Crippen LogP contribution in [0, 0.1) is 26.2 Å². The van der Waals surface area contributed by atoms with Gasteiger partial charge in [0.2, 0.25) is 0 Å². The molecular formula is C71H87BBr4N6O13S3. The van der Waals surface area contributed by atoms with Crippen LogP contribution in [0.2, 0.25) is 0 Å². The fraction of sp³-hybridized carbons (Fsp3) is 0.380. The summed E-state index contributed by atoms with van der Waals surface area (Å²) < 4.78 is 26.6. The zero-order valence-electron chi connectivity index (χ0n) is 56.6. The molecule has 5 aromatic carbocycles. The number of aromatic nitrogens is 2. The van der Waals surface area contributed by atoms with Crippen LogP contribution in [0.1, 0.15) is 139 Å². The molecule has 0 amide bonds. The maximum absolute atomic E-state index is 13.1. The number of anilines is 5. The Morgan fingerprint density at radius 2 is 0.878 bits per heavy atom. The average Bonchev–Trinajstić information content (AvgIpc) is 1.60. The molecule has 3 unspecified atom stereocenters. The number of carboxylic acids is 1. The zero-order valence-corrected chi connectivity index (χ0v) is 65.4. The SMILES string of the molecule is BrB(Br)Br.CCOC(=O)C(CC)(CCC(=O)O)c1csc(Nc2ccc(C)cc2)n1.CCOC(=O)C(CC)(CCC(=O)OCc1ccccc1)C(=O)CBr.CCOC(=O)C(CC)(CCC(=O)OCc1ccccc1)c1csc(Nc2ccc(C)cc2)n1.Cc1ccc(NC(N)=S)cc1. The summed E-state index contributed by atoms with van der Waals surface area (Å²) in [5, 5.41) is 23.8. The number of carbonyl (C=O) groups excluding carboxylic acids is 6. The summed E-state index contributed by atoms with van der Waals surface area (Å²) in [6.45, 7) is 17.9. The normalized spacial score (nSPS) is 12.2. The van der Waals surface area contributed by atoms with E-state index in [0.717, 1.165) is 33.8 Å². The molecule has 0 aliphatic rings. The van der Waals surface area contributed by atoms with Crippen LogP contribution in [0.15, 0.2) is 144 Å². The number of thiazole rings is 2.